The maximum atomic E-state index is 12.6. The largest absolute Gasteiger partial charge is 0.379 e. The molecule has 0 aromatic heterocycles. The lowest BCUT2D eigenvalue weighted by Crippen LogP contribution is -2.40. The number of nitrogens with two attached hydrogens (primary N) is 1. The molecule has 2 fully saturated rings. The van der Waals surface area contributed by atoms with Gasteiger partial charge in [-0.15, -0.1) is 12.4 Å². The average molecular weight is 432 g/mol. The summed E-state index contributed by atoms with van der Waals surface area (Å²) < 4.78 is 31.9. The molecule has 3 N–H and O–H groups in total. The first-order valence-electron chi connectivity index (χ1n) is 9.67. The number of amides is 1. The number of morpholine rings is 1. The lowest BCUT2D eigenvalue weighted by atomic mass is 9.92. The van der Waals surface area contributed by atoms with E-state index in [9.17, 15) is 13.2 Å². The molecular formula is C19H30ClN3O4S. The number of nitrogens with one attached hydrogen (secondary N) is 1. The summed E-state index contributed by atoms with van der Waals surface area (Å²) >= 11 is 0. The van der Waals surface area contributed by atoms with Gasteiger partial charge in [-0.25, -0.2) is 8.42 Å². The fourth-order valence-electron chi connectivity index (χ4n) is 3.59. The number of rotatable bonds is 6. The van der Waals surface area contributed by atoms with Crippen molar-refractivity contribution >= 4 is 28.3 Å². The summed E-state index contributed by atoms with van der Waals surface area (Å²) in [5, 5.41) is 3.08. The van der Waals surface area contributed by atoms with E-state index in [-0.39, 0.29) is 35.3 Å². The summed E-state index contributed by atoms with van der Waals surface area (Å²) in [6, 6.07) is 7.34. The predicted molar refractivity (Wildman–Crippen MR) is 110 cm³/mol. The Bertz CT molecular complexity index is 728. The first-order chi connectivity index (χ1) is 12.9. The predicted octanol–water partition coefficient (Wildman–Crippen LogP) is 1.45. The van der Waals surface area contributed by atoms with E-state index in [1.165, 1.54) is 4.31 Å². The van der Waals surface area contributed by atoms with Crippen LogP contribution in [0.4, 0.5) is 0 Å². The maximum Gasteiger partial charge on any atom is 0.243 e. The van der Waals surface area contributed by atoms with Crippen molar-refractivity contribution in [2.24, 2.45) is 5.73 Å². The first-order valence-corrected chi connectivity index (χ1v) is 11.1. The zero-order valence-corrected chi connectivity index (χ0v) is 17.6. The molecule has 0 atom stereocenters. The number of hydrogen-bond donors (Lipinski definition) is 2. The van der Waals surface area contributed by atoms with Gasteiger partial charge in [0.25, 0.3) is 0 Å². The molecule has 1 aliphatic carbocycles. The third kappa shape index (κ3) is 6.15. The normalized spacial score (nSPS) is 23.6. The van der Waals surface area contributed by atoms with Crippen LogP contribution < -0.4 is 11.1 Å². The second-order valence-electron chi connectivity index (χ2n) is 7.34. The second-order valence-corrected chi connectivity index (χ2v) is 9.28. The Hall–Kier alpha value is -1.19. The molecule has 0 unspecified atom stereocenters. The zero-order valence-electron chi connectivity index (χ0n) is 16.0. The Kier molecular flexibility index (Phi) is 8.70. The fraction of sp³-hybridized carbons (Fsp3) is 0.632. The number of carbonyl (C=O) groups is 1. The van der Waals surface area contributed by atoms with E-state index in [0.29, 0.717) is 39.1 Å². The van der Waals surface area contributed by atoms with Gasteiger partial charge in [0.15, 0.2) is 0 Å². The highest BCUT2D eigenvalue weighted by atomic mass is 35.5. The molecule has 7 nitrogen and oxygen atoms in total. The van der Waals surface area contributed by atoms with Crippen LogP contribution in [0.1, 0.15) is 37.7 Å². The van der Waals surface area contributed by atoms with Gasteiger partial charge in [-0.1, -0.05) is 12.1 Å². The summed E-state index contributed by atoms with van der Waals surface area (Å²) in [6.45, 7) is 1.63. The quantitative estimate of drug-likeness (QED) is 0.709. The van der Waals surface area contributed by atoms with Crippen molar-refractivity contribution in [1.29, 1.82) is 0 Å². The van der Waals surface area contributed by atoms with Crippen LogP contribution in [0.15, 0.2) is 29.2 Å². The number of hydrogen-bond acceptors (Lipinski definition) is 5. The van der Waals surface area contributed by atoms with Crippen molar-refractivity contribution in [3.05, 3.63) is 29.8 Å². The number of carbonyl (C=O) groups excluding carboxylic acids is 1. The lowest BCUT2D eigenvalue weighted by Gasteiger charge is -2.26. The van der Waals surface area contributed by atoms with Crippen molar-refractivity contribution in [2.45, 2.75) is 55.5 Å². The van der Waals surface area contributed by atoms with Crippen LogP contribution in [0.5, 0.6) is 0 Å². The van der Waals surface area contributed by atoms with Crippen molar-refractivity contribution < 1.29 is 17.9 Å². The molecule has 158 valence electrons. The summed E-state index contributed by atoms with van der Waals surface area (Å²) in [6.07, 6.45) is 4.81. The monoisotopic (exact) mass is 431 g/mol. The van der Waals surface area contributed by atoms with Crippen molar-refractivity contribution in [3.63, 3.8) is 0 Å². The van der Waals surface area contributed by atoms with Gasteiger partial charge in [-0.3, -0.25) is 4.79 Å². The Morgan fingerprint density at radius 1 is 1.11 bits per heavy atom. The van der Waals surface area contributed by atoms with E-state index in [4.69, 9.17) is 10.5 Å². The minimum absolute atomic E-state index is 0. The molecule has 3 rings (SSSR count). The van der Waals surface area contributed by atoms with Crippen LogP contribution in [-0.2, 0) is 26.0 Å². The van der Waals surface area contributed by atoms with E-state index in [1.807, 2.05) is 0 Å². The molecule has 1 heterocycles. The fourth-order valence-corrected chi connectivity index (χ4v) is 4.99. The maximum absolute atomic E-state index is 12.6. The van der Waals surface area contributed by atoms with Crippen LogP contribution in [0, 0.1) is 0 Å². The highest BCUT2D eigenvalue weighted by molar-refractivity contribution is 7.89. The molecule has 2 aliphatic rings. The number of nitrogens with zero attached hydrogens (tertiary/aromatic N) is 1. The number of benzene rings is 1. The van der Waals surface area contributed by atoms with Gasteiger partial charge >= 0.3 is 0 Å². The van der Waals surface area contributed by atoms with Crippen molar-refractivity contribution in [2.75, 3.05) is 26.3 Å². The smallest absolute Gasteiger partial charge is 0.243 e. The van der Waals surface area contributed by atoms with Gasteiger partial charge in [0.1, 0.15) is 0 Å². The molecule has 1 aromatic carbocycles. The molecule has 1 amide bonds. The molecule has 9 heteroatoms. The minimum atomic E-state index is -3.47. The lowest BCUT2D eigenvalue weighted by molar-refractivity contribution is -0.122. The number of ether oxygens (including phenoxy) is 1. The summed E-state index contributed by atoms with van der Waals surface area (Å²) in [7, 11) is -3.47. The summed E-state index contributed by atoms with van der Waals surface area (Å²) in [5.74, 6) is 0.0421. The van der Waals surface area contributed by atoms with E-state index < -0.39 is 10.0 Å². The first kappa shape index (κ1) is 23.1. The molecule has 0 bridgehead atoms. The zero-order chi connectivity index (χ0) is 19.3. The van der Waals surface area contributed by atoms with Crippen molar-refractivity contribution in [3.8, 4) is 0 Å². The van der Waals surface area contributed by atoms with Gasteiger partial charge in [-0.2, -0.15) is 4.31 Å². The number of halogens is 1. The van der Waals surface area contributed by atoms with Crippen LogP contribution in [0.25, 0.3) is 0 Å². The topological polar surface area (TPSA) is 102 Å². The highest BCUT2D eigenvalue weighted by Gasteiger charge is 2.26. The van der Waals surface area contributed by atoms with Crippen LogP contribution >= 0.6 is 12.4 Å². The number of sulfonamides is 1. The highest BCUT2D eigenvalue weighted by Crippen LogP contribution is 2.19. The summed E-state index contributed by atoms with van der Waals surface area (Å²) in [4.78, 5) is 12.4. The molecular weight excluding hydrogens is 402 g/mol. The molecule has 1 aliphatic heterocycles. The van der Waals surface area contributed by atoms with Crippen LogP contribution in [-0.4, -0.2) is 57.0 Å². The Balaban J connectivity index is 0.00000280. The Morgan fingerprint density at radius 2 is 1.71 bits per heavy atom. The van der Waals surface area contributed by atoms with E-state index in [0.717, 1.165) is 31.2 Å². The van der Waals surface area contributed by atoms with Crippen molar-refractivity contribution in [1.82, 2.24) is 9.62 Å². The van der Waals surface area contributed by atoms with Crippen LogP contribution in [0.2, 0.25) is 0 Å². The minimum Gasteiger partial charge on any atom is -0.379 e. The van der Waals surface area contributed by atoms with Gasteiger partial charge in [0.05, 0.1) is 18.1 Å². The molecule has 1 saturated heterocycles. The third-order valence-corrected chi connectivity index (χ3v) is 7.22. The second kappa shape index (κ2) is 10.5. The van der Waals surface area contributed by atoms with Gasteiger partial charge < -0.3 is 15.8 Å². The SMILES string of the molecule is Cl.NC1CCC(NC(=O)CCc2ccc(S(=O)(=O)N3CCOCC3)cc2)CC1. The van der Waals surface area contributed by atoms with Gasteiger partial charge in [0, 0.05) is 31.6 Å². The van der Waals surface area contributed by atoms with E-state index >= 15 is 0 Å². The average Bonchev–Trinajstić information content (AvgIpc) is 2.69. The van der Waals surface area contributed by atoms with E-state index in [1.54, 1.807) is 24.3 Å². The Labute approximate surface area is 173 Å². The third-order valence-electron chi connectivity index (χ3n) is 5.31. The summed E-state index contributed by atoms with van der Waals surface area (Å²) in [5.41, 5.74) is 6.84. The van der Waals surface area contributed by atoms with Crippen LogP contribution in [0.3, 0.4) is 0 Å². The standard InChI is InChI=1S/C19H29N3O4S.ClH/c20-16-4-6-17(7-5-16)21-19(23)10-3-15-1-8-18(9-2-15)27(24,25)22-11-13-26-14-12-22;/h1-2,8-9,16-17H,3-7,10-14,20H2,(H,21,23);1H. The number of aryl methyl sites for hydroxylation is 1. The van der Waals surface area contributed by atoms with Gasteiger partial charge in [0.2, 0.25) is 15.9 Å². The van der Waals surface area contributed by atoms with E-state index in [2.05, 4.69) is 5.32 Å². The molecule has 0 radical (unpaired) electrons. The molecule has 28 heavy (non-hydrogen) atoms. The Morgan fingerprint density at radius 3 is 2.32 bits per heavy atom. The molecule has 1 saturated carbocycles. The van der Waals surface area contributed by atoms with Gasteiger partial charge in [-0.05, 0) is 49.8 Å². The molecule has 1 aromatic rings. The molecule has 0 spiro atoms.